The summed E-state index contributed by atoms with van der Waals surface area (Å²) in [6.45, 7) is 11.3. The van der Waals surface area contributed by atoms with Crippen molar-refractivity contribution in [1.82, 2.24) is 0 Å². The molecule has 0 fully saturated rings. The first kappa shape index (κ1) is 15.0. The van der Waals surface area contributed by atoms with Gasteiger partial charge in [0.2, 0.25) is 0 Å². The predicted octanol–water partition coefficient (Wildman–Crippen LogP) is 5.03. The first-order valence-electron chi connectivity index (χ1n) is 7.32. The van der Waals surface area contributed by atoms with E-state index in [9.17, 15) is 4.79 Å². The van der Waals surface area contributed by atoms with Gasteiger partial charge in [-0.05, 0) is 13.3 Å². The summed E-state index contributed by atoms with van der Waals surface area (Å²) in [4.78, 5) is 12.9. The highest BCUT2D eigenvalue weighted by atomic mass is 28.3. The first-order valence-corrected chi connectivity index (χ1v) is 10.8. The number of hydrogen-bond donors (Lipinski definition) is 0. The van der Waals surface area contributed by atoms with Crippen molar-refractivity contribution >= 4 is 13.9 Å². The second kappa shape index (κ2) is 5.53. The van der Waals surface area contributed by atoms with Gasteiger partial charge in [-0.15, -0.1) is 0 Å². The number of carbonyl (C=O) groups excluding carboxylic acids is 1. The van der Waals surface area contributed by atoms with Crippen LogP contribution in [0.1, 0.15) is 30.6 Å². The van der Waals surface area contributed by atoms with Gasteiger partial charge in [-0.2, -0.15) is 0 Å². The Labute approximate surface area is 123 Å². The number of rotatable bonds is 3. The van der Waals surface area contributed by atoms with E-state index in [1.165, 1.54) is 10.8 Å². The van der Waals surface area contributed by atoms with Crippen molar-refractivity contribution in [1.29, 1.82) is 0 Å². The lowest BCUT2D eigenvalue weighted by molar-refractivity contribution is 0.102. The van der Waals surface area contributed by atoms with Crippen LogP contribution < -0.4 is 0 Å². The van der Waals surface area contributed by atoms with Crippen LogP contribution in [0.4, 0.5) is 0 Å². The highest BCUT2D eigenvalue weighted by Gasteiger charge is 2.32. The lowest BCUT2D eigenvalue weighted by Gasteiger charge is -2.31. The van der Waals surface area contributed by atoms with E-state index in [0.29, 0.717) is 0 Å². The van der Waals surface area contributed by atoms with Crippen LogP contribution in [0.3, 0.4) is 0 Å². The van der Waals surface area contributed by atoms with Crippen LogP contribution in [0.15, 0.2) is 52.8 Å². The Morgan fingerprint density at radius 1 is 1.15 bits per heavy atom. The van der Waals surface area contributed by atoms with Crippen molar-refractivity contribution in [2.45, 2.75) is 39.9 Å². The van der Waals surface area contributed by atoms with Gasteiger partial charge >= 0.3 is 0 Å². The molecule has 0 N–H and O–H groups in total. The van der Waals surface area contributed by atoms with E-state index in [1.807, 2.05) is 30.3 Å². The summed E-state index contributed by atoms with van der Waals surface area (Å²) in [5.41, 5.74) is 3.21. The van der Waals surface area contributed by atoms with Gasteiger partial charge in [0.1, 0.15) is 0 Å². The molecule has 0 saturated carbocycles. The molecule has 0 saturated heterocycles. The minimum Gasteiger partial charge on any atom is -0.289 e. The Kier molecular flexibility index (Phi) is 4.14. The highest BCUT2D eigenvalue weighted by molar-refractivity contribution is 6.83. The summed E-state index contributed by atoms with van der Waals surface area (Å²) in [7, 11) is -1.47. The van der Waals surface area contributed by atoms with Crippen molar-refractivity contribution in [3.05, 3.63) is 58.3 Å². The summed E-state index contributed by atoms with van der Waals surface area (Å²) >= 11 is 0. The average molecular weight is 284 g/mol. The van der Waals surface area contributed by atoms with Gasteiger partial charge in [-0.1, -0.05) is 73.7 Å². The van der Waals surface area contributed by atoms with E-state index in [2.05, 4.69) is 39.6 Å². The lowest BCUT2D eigenvalue weighted by Crippen LogP contribution is -2.31. The van der Waals surface area contributed by atoms with Gasteiger partial charge in [0.15, 0.2) is 5.78 Å². The molecular weight excluding hydrogens is 260 g/mol. The van der Waals surface area contributed by atoms with Crippen molar-refractivity contribution in [3.63, 3.8) is 0 Å². The van der Waals surface area contributed by atoms with Crippen LogP contribution in [-0.4, -0.2) is 13.9 Å². The van der Waals surface area contributed by atoms with Gasteiger partial charge in [0.25, 0.3) is 0 Å². The summed E-state index contributed by atoms with van der Waals surface area (Å²) < 4.78 is 0. The quantitative estimate of drug-likeness (QED) is 0.432. The Morgan fingerprint density at radius 3 is 2.30 bits per heavy atom. The maximum atomic E-state index is 12.9. The molecule has 2 rings (SSSR count). The number of allylic oxidation sites excluding steroid dienone is 4. The summed E-state index contributed by atoms with van der Waals surface area (Å²) in [5.74, 6) is 0.473. The summed E-state index contributed by atoms with van der Waals surface area (Å²) in [6.07, 6.45) is 3.26. The minimum absolute atomic E-state index is 0.225. The second-order valence-corrected chi connectivity index (χ2v) is 11.8. The fraction of sp³-hybridized carbons (Fsp3) is 0.389. The molecule has 1 nitrogen and oxygen atoms in total. The highest BCUT2D eigenvalue weighted by Crippen LogP contribution is 2.36. The van der Waals surface area contributed by atoms with Crippen molar-refractivity contribution in [3.8, 4) is 0 Å². The molecule has 2 heteroatoms. The fourth-order valence-corrected chi connectivity index (χ4v) is 4.68. The molecule has 0 amide bonds. The Bertz CT molecular complexity index is 573. The number of ketones is 1. The molecule has 1 atom stereocenters. The van der Waals surface area contributed by atoms with Crippen LogP contribution in [0, 0.1) is 5.92 Å². The van der Waals surface area contributed by atoms with E-state index < -0.39 is 8.07 Å². The largest absolute Gasteiger partial charge is 0.289 e. The number of carbonyl (C=O) groups is 1. The maximum Gasteiger partial charge on any atom is 0.189 e. The summed E-state index contributed by atoms with van der Waals surface area (Å²) in [6, 6.07) is 9.70. The molecule has 106 valence electrons. The number of hydrogen-bond acceptors (Lipinski definition) is 1. The fourth-order valence-electron chi connectivity index (χ4n) is 2.83. The Hall–Kier alpha value is -1.41. The van der Waals surface area contributed by atoms with E-state index in [1.54, 1.807) is 0 Å². The van der Waals surface area contributed by atoms with Gasteiger partial charge in [0, 0.05) is 17.1 Å². The van der Waals surface area contributed by atoms with Crippen LogP contribution in [0.25, 0.3) is 0 Å². The van der Waals surface area contributed by atoms with E-state index in [-0.39, 0.29) is 11.7 Å². The van der Waals surface area contributed by atoms with Crippen LogP contribution in [0.2, 0.25) is 19.6 Å². The van der Waals surface area contributed by atoms with Gasteiger partial charge in [0.05, 0.1) is 8.07 Å². The van der Waals surface area contributed by atoms with E-state index >= 15 is 0 Å². The van der Waals surface area contributed by atoms with Gasteiger partial charge < -0.3 is 0 Å². The zero-order chi connectivity index (χ0) is 14.9. The molecule has 0 bridgehead atoms. The van der Waals surface area contributed by atoms with Crippen molar-refractivity contribution < 1.29 is 4.79 Å². The molecular formula is C18H24OSi. The number of benzene rings is 1. The van der Waals surface area contributed by atoms with Gasteiger partial charge in [-0.3, -0.25) is 4.79 Å². The summed E-state index contributed by atoms with van der Waals surface area (Å²) in [5, 5.41) is 1.42. The molecule has 1 aromatic rings. The Balaban J connectivity index is 2.53. The third-order valence-electron chi connectivity index (χ3n) is 4.26. The molecule has 1 aliphatic carbocycles. The Morgan fingerprint density at radius 2 is 1.75 bits per heavy atom. The second-order valence-electron chi connectivity index (χ2n) is 6.71. The predicted molar refractivity (Wildman–Crippen MR) is 88.7 cm³/mol. The molecule has 0 spiro atoms. The van der Waals surface area contributed by atoms with Crippen LogP contribution in [-0.2, 0) is 0 Å². The topological polar surface area (TPSA) is 17.1 Å². The molecule has 1 aromatic carbocycles. The SMILES string of the molecule is CC1=CCC([Si](C)(C)C)=C(C(=O)c2ccccc2)[C@H]1C. The zero-order valence-corrected chi connectivity index (χ0v) is 14.2. The molecule has 20 heavy (non-hydrogen) atoms. The van der Waals surface area contributed by atoms with E-state index in [4.69, 9.17) is 0 Å². The van der Waals surface area contributed by atoms with Crippen LogP contribution in [0.5, 0.6) is 0 Å². The maximum absolute atomic E-state index is 12.9. The zero-order valence-electron chi connectivity index (χ0n) is 13.2. The standard InChI is InChI=1S/C18H24OSi/c1-13-11-12-16(20(3,4)5)17(14(13)2)18(19)15-9-7-6-8-10-15/h6-11,14H,12H2,1-5H3/t14-/m0/s1. The lowest BCUT2D eigenvalue weighted by atomic mass is 9.84. The molecule has 1 aliphatic rings. The normalized spacial score (nSPS) is 19.9. The monoisotopic (exact) mass is 284 g/mol. The molecule has 0 heterocycles. The third kappa shape index (κ3) is 2.85. The van der Waals surface area contributed by atoms with Crippen molar-refractivity contribution in [2.75, 3.05) is 0 Å². The van der Waals surface area contributed by atoms with Crippen molar-refractivity contribution in [2.24, 2.45) is 5.92 Å². The molecule has 0 unspecified atom stereocenters. The smallest absolute Gasteiger partial charge is 0.189 e. The van der Waals surface area contributed by atoms with E-state index in [0.717, 1.165) is 17.6 Å². The van der Waals surface area contributed by atoms with Crippen LogP contribution >= 0.6 is 0 Å². The van der Waals surface area contributed by atoms with Gasteiger partial charge in [-0.25, -0.2) is 0 Å². The molecule has 0 aromatic heterocycles. The minimum atomic E-state index is -1.47. The number of Topliss-reactive ketones (excluding diaryl/α,β-unsaturated/α-hetero) is 1. The first-order chi connectivity index (χ1) is 9.32. The third-order valence-corrected chi connectivity index (χ3v) is 6.54. The molecule has 0 radical (unpaired) electrons. The molecule has 0 aliphatic heterocycles. The average Bonchev–Trinajstić information content (AvgIpc) is 2.40.